The van der Waals surface area contributed by atoms with Crippen molar-refractivity contribution < 1.29 is 14.2 Å². The molecule has 0 saturated heterocycles. The van der Waals surface area contributed by atoms with Crippen molar-refractivity contribution in [3.63, 3.8) is 0 Å². The van der Waals surface area contributed by atoms with Gasteiger partial charge in [-0.05, 0) is 18.7 Å². The average Bonchev–Trinajstić information content (AvgIpc) is 1.59. The molecule has 0 aromatic heterocycles. The van der Waals surface area contributed by atoms with Gasteiger partial charge in [-0.1, -0.05) is 0 Å². The Hall–Kier alpha value is 0.0400. The number of rotatable bonds is 3. The standard InChI is InChI=1S/C4H10NO3PS/c1-3-8-9(7,10)5-4(2)6/h3H2,1-2H3,(H2,5,6,7,10). The summed E-state index contributed by atoms with van der Waals surface area (Å²) in [5.74, 6) is -0.376. The number of carbonyl (C=O) groups is 1. The minimum atomic E-state index is -3.01. The van der Waals surface area contributed by atoms with Crippen LogP contribution in [0.15, 0.2) is 0 Å². The van der Waals surface area contributed by atoms with Gasteiger partial charge in [0.1, 0.15) is 0 Å². The van der Waals surface area contributed by atoms with E-state index < -0.39 is 6.64 Å². The van der Waals surface area contributed by atoms with Crippen LogP contribution in [0.1, 0.15) is 13.8 Å². The second-order valence-electron chi connectivity index (χ2n) is 1.61. The lowest BCUT2D eigenvalue weighted by Gasteiger charge is -2.13. The molecule has 0 aromatic rings. The molecule has 1 amide bonds. The van der Waals surface area contributed by atoms with Gasteiger partial charge < -0.3 is 9.42 Å². The van der Waals surface area contributed by atoms with E-state index in [1.807, 2.05) is 0 Å². The van der Waals surface area contributed by atoms with Crippen LogP contribution >= 0.6 is 6.64 Å². The molecule has 0 radical (unpaired) electrons. The zero-order chi connectivity index (χ0) is 8.20. The molecule has 10 heavy (non-hydrogen) atoms. The summed E-state index contributed by atoms with van der Waals surface area (Å²) in [6, 6.07) is 0. The van der Waals surface area contributed by atoms with Gasteiger partial charge in [-0.25, -0.2) is 0 Å². The molecule has 0 aliphatic rings. The summed E-state index contributed by atoms with van der Waals surface area (Å²) >= 11 is 4.53. The maximum atomic E-state index is 10.3. The summed E-state index contributed by atoms with van der Waals surface area (Å²) in [6.07, 6.45) is 0. The highest BCUT2D eigenvalue weighted by Gasteiger charge is 2.12. The predicted octanol–water partition coefficient (Wildman–Crippen LogP) is 0.376. The molecule has 0 saturated carbocycles. The van der Waals surface area contributed by atoms with Gasteiger partial charge in [0.15, 0.2) is 0 Å². The molecule has 0 bridgehead atoms. The first-order chi connectivity index (χ1) is 4.48. The molecule has 0 aromatic carbocycles. The minimum absolute atomic E-state index is 0.300. The fourth-order valence-corrected chi connectivity index (χ4v) is 1.92. The van der Waals surface area contributed by atoms with Gasteiger partial charge in [-0.15, -0.1) is 0 Å². The van der Waals surface area contributed by atoms with E-state index in [1.54, 1.807) is 6.92 Å². The molecule has 0 aliphatic carbocycles. The van der Waals surface area contributed by atoms with Gasteiger partial charge in [0.25, 0.3) is 6.64 Å². The van der Waals surface area contributed by atoms with Crippen molar-refractivity contribution in [2.24, 2.45) is 0 Å². The molecule has 1 atom stereocenters. The highest BCUT2D eigenvalue weighted by Crippen LogP contribution is 2.36. The number of hydrogen-bond acceptors (Lipinski definition) is 3. The van der Waals surface area contributed by atoms with Crippen LogP contribution in [0.3, 0.4) is 0 Å². The average molecular weight is 183 g/mol. The van der Waals surface area contributed by atoms with Crippen LogP contribution in [0.2, 0.25) is 0 Å². The number of nitrogens with one attached hydrogen (secondary N) is 1. The third kappa shape index (κ3) is 4.88. The second-order valence-corrected chi connectivity index (χ2v) is 4.61. The summed E-state index contributed by atoms with van der Waals surface area (Å²) in [4.78, 5) is 19.4. The van der Waals surface area contributed by atoms with Crippen LogP contribution in [0.5, 0.6) is 0 Å². The topological polar surface area (TPSA) is 58.6 Å². The smallest absolute Gasteiger partial charge is 0.287 e. The number of carbonyl (C=O) groups excluding carboxylic acids is 1. The van der Waals surface area contributed by atoms with E-state index in [-0.39, 0.29) is 5.91 Å². The number of hydrogen-bond donors (Lipinski definition) is 2. The van der Waals surface area contributed by atoms with E-state index >= 15 is 0 Å². The Kier molecular flexibility index (Phi) is 4.05. The molecule has 4 nitrogen and oxygen atoms in total. The van der Waals surface area contributed by atoms with Crippen molar-refractivity contribution >= 4 is 24.4 Å². The lowest BCUT2D eigenvalue weighted by atomic mass is 10.8. The van der Waals surface area contributed by atoms with Crippen LogP contribution in [0, 0.1) is 0 Å². The zero-order valence-corrected chi connectivity index (χ0v) is 7.54. The molecule has 0 rings (SSSR count). The molecule has 1 unspecified atom stereocenters. The van der Waals surface area contributed by atoms with E-state index in [4.69, 9.17) is 4.89 Å². The quantitative estimate of drug-likeness (QED) is 0.621. The Balaban J connectivity index is 3.87. The van der Waals surface area contributed by atoms with Crippen molar-refractivity contribution in [3.05, 3.63) is 0 Å². The van der Waals surface area contributed by atoms with Gasteiger partial charge in [0.05, 0.1) is 6.61 Å². The Morgan fingerprint density at radius 1 is 1.90 bits per heavy atom. The molecular formula is C4H10NO3PS. The van der Waals surface area contributed by atoms with Crippen molar-refractivity contribution in [3.8, 4) is 0 Å². The van der Waals surface area contributed by atoms with Crippen LogP contribution in [0.4, 0.5) is 0 Å². The normalized spacial score (nSPS) is 15.9. The third-order valence-electron chi connectivity index (χ3n) is 0.603. The van der Waals surface area contributed by atoms with E-state index in [0.29, 0.717) is 6.61 Å². The Bertz CT molecular complexity index is 172. The Morgan fingerprint density at radius 2 is 2.40 bits per heavy atom. The monoisotopic (exact) mass is 183 g/mol. The fraction of sp³-hybridized carbons (Fsp3) is 0.750. The largest absolute Gasteiger partial charge is 0.329 e. The highest BCUT2D eigenvalue weighted by molar-refractivity contribution is 8.08. The molecular weight excluding hydrogens is 173 g/mol. The Morgan fingerprint density at radius 3 is 2.70 bits per heavy atom. The Labute approximate surface area is 64.8 Å². The molecule has 0 fully saturated rings. The summed E-state index contributed by atoms with van der Waals surface area (Å²) in [7, 11) is 0. The summed E-state index contributed by atoms with van der Waals surface area (Å²) in [5.41, 5.74) is 0. The van der Waals surface area contributed by atoms with Gasteiger partial charge in [-0.2, -0.15) is 0 Å². The maximum Gasteiger partial charge on any atom is 0.287 e. The van der Waals surface area contributed by atoms with Crippen molar-refractivity contribution in [2.45, 2.75) is 13.8 Å². The maximum absolute atomic E-state index is 10.3. The SMILES string of the molecule is CCOP(O)(=S)NC(C)=O. The number of amides is 1. The first-order valence-corrected chi connectivity index (χ1v) is 5.41. The van der Waals surface area contributed by atoms with E-state index in [0.717, 1.165) is 0 Å². The van der Waals surface area contributed by atoms with Crippen molar-refractivity contribution in [1.82, 2.24) is 5.09 Å². The summed E-state index contributed by atoms with van der Waals surface area (Å²) in [5, 5.41) is 2.14. The fourth-order valence-electron chi connectivity index (χ4n) is 0.406. The van der Waals surface area contributed by atoms with E-state index in [9.17, 15) is 4.79 Å². The van der Waals surface area contributed by atoms with E-state index in [1.165, 1.54) is 6.92 Å². The van der Waals surface area contributed by atoms with E-state index in [2.05, 4.69) is 21.4 Å². The van der Waals surface area contributed by atoms with Gasteiger partial charge in [0, 0.05) is 6.92 Å². The third-order valence-corrected chi connectivity index (χ3v) is 2.40. The van der Waals surface area contributed by atoms with Gasteiger partial charge in [0.2, 0.25) is 5.91 Å². The first-order valence-electron chi connectivity index (χ1n) is 2.74. The molecule has 2 N–H and O–H groups in total. The highest BCUT2D eigenvalue weighted by atomic mass is 32.5. The second kappa shape index (κ2) is 4.03. The van der Waals surface area contributed by atoms with Crippen molar-refractivity contribution in [1.29, 1.82) is 0 Å². The van der Waals surface area contributed by atoms with Crippen molar-refractivity contribution in [2.75, 3.05) is 6.61 Å². The molecule has 6 heteroatoms. The molecule has 0 heterocycles. The lowest BCUT2D eigenvalue weighted by Crippen LogP contribution is -2.17. The van der Waals surface area contributed by atoms with Crippen LogP contribution in [-0.4, -0.2) is 17.4 Å². The van der Waals surface area contributed by atoms with Crippen LogP contribution in [0.25, 0.3) is 0 Å². The zero-order valence-electron chi connectivity index (χ0n) is 5.83. The van der Waals surface area contributed by atoms with Crippen LogP contribution in [-0.2, 0) is 21.1 Å². The van der Waals surface area contributed by atoms with Gasteiger partial charge >= 0.3 is 0 Å². The molecule has 0 spiro atoms. The molecule has 60 valence electrons. The van der Waals surface area contributed by atoms with Gasteiger partial charge in [-0.3, -0.25) is 9.88 Å². The predicted molar refractivity (Wildman–Crippen MR) is 41.9 cm³/mol. The minimum Gasteiger partial charge on any atom is -0.329 e. The lowest BCUT2D eigenvalue weighted by molar-refractivity contribution is -0.117. The molecule has 0 aliphatic heterocycles. The first kappa shape index (κ1) is 10.0. The summed E-state index contributed by atoms with van der Waals surface area (Å²) in [6.45, 7) is 0.252. The summed E-state index contributed by atoms with van der Waals surface area (Å²) < 4.78 is 4.69. The van der Waals surface area contributed by atoms with Crippen LogP contribution < -0.4 is 5.09 Å².